The van der Waals surface area contributed by atoms with Gasteiger partial charge in [0.2, 0.25) is 0 Å². The second kappa shape index (κ2) is 3.41. The van der Waals surface area contributed by atoms with E-state index in [9.17, 15) is 10.1 Å². The molecule has 0 aromatic heterocycles. The third-order valence-electron chi connectivity index (χ3n) is 1.41. The maximum absolute atomic E-state index is 10.4. The largest absolute Gasteiger partial charge is 0.270 e. The van der Waals surface area contributed by atoms with Crippen molar-refractivity contribution in [2.24, 2.45) is 0 Å². The Balaban J connectivity index is 3.31. The van der Waals surface area contributed by atoms with E-state index in [0.717, 1.165) is 0 Å². The lowest BCUT2D eigenvalue weighted by Crippen LogP contribution is -1.89. The third-order valence-corrected chi connectivity index (χ3v) is 2.76. The summed E-state index contributed by atoms with van der Waals surface area (Å²) in [6.07, 6.45) is 0. The number of hydrogen-bond donors (Lipinski definition) is 0. The molecule has 1 rings (SSSR count). The summed E-state index contributed by atoms with van der Waals surface area (Å²) in [6, 6.07) is 2.82. The molecule has 12 heavy (non-hydrogen) atoms. The van der Waals surface area contributed by atoms with Crippen LogP contribution in [0.3, 0.4) is 0 Å². The fourth-order valence-electron chi connectivity index (χ4n) is 0.814. The second-order valence-electron chi connectivity index (χ2n) is 2.32. The summed E-state index contributed by atoms with van der Waals surface area (Å²) in [5.41, 5.74) is 0.738. The van der Waals surface area contributed by atoms with Crippen molar-refractivity contribution in [3.63, 3.8) is 0 Å². The molecule has 0 atom stereocenters. The maximum Gasteiger partial charge on any atom is 0.270 e. The number of halogens is 2. The average molecular weight is 250 g/mol. The Hall–Kier alpha value is -0.610. The predicted molar refractivity (Wildman–Crippen MR) is 50.5 cm³/mol. The normalized spacial score (nSPS) is 9.92. The highest BCUT2D eigenvalue weighted by Gasteiger charge is 2.10. The Morgan fingerprint density at radius 1 is 1.58 bits per heavy atom. The molecule has 0 N–H and O–H groups in total. The number of nitrogens with zero attached hydrogens (tertiary/aromatic N) is 1. The number of benzene rings is 1. The Kier molecular flexibility index (Phi) is 2.69. The Morgan fingerprint density at radius 2 is 2.17 bits per heavy atom. The Bertz CT molecular complexity index is 317. The predicted octanol–water partition coefficient (Wildman–Crippen LogP) is 3.32. The van der Waals surface area contributed by atoms with Crippen molar-refractivity contribution in [3.8, 4) is 0 Å². The van der Waals surface area contributed by atoms with Gasteiger partial charge in [-0.05, 0) is 28.4 Å². The zero-order valence-electron chi connectivity index (χ0n) is 6.17. The highest BCUT2D eigenvalue weighted by Crippen LogP contribution is 2.30. The molecule has 0 aliphatic heterocycles. The zero-order chi connectivity index (χ0) is 9.30. The topological polar surface area (TPSA) is 43.1 Å². The zero-order valence-corrected chi connectivity index (χ0v) is 8.52. The minimum absolute atomic E-state index is 0.0452. The number of nitro groups is 1. The van der Waals surface area contributed by atoms with E-state index >= 15 is 0 Å². The molecule has 0 fully saturated rings. The van der Waals surface area contributed by atoms with Crippen LogP contribution in [0, 0.1) is 17.0 Å². The van der Waals surface area contributed by atoms with Gasteiger partial charge in [0.1, 0.15) is 0 Å². The van der Waals surface area contributed by atoms with Crippen LogP contribution in [0.1, 0.15) is 5.56 Å². The van der Waals surface area contributed by atoms with Crippen molar-refractivity contribution in [3.05, 3.63) is 37.3 Å². The van der Waals surface area contributed by atoms with E-state index in [1.165, 1.54) is 12.1 Å². The van der Waals surface area contributed by atoms with Gasteiger partial charge >= 0.3 is 0 Å². The smallest absolute Gasteiger partial charge is 0.258 e. The number of rotatable bonds is 1. The molecule has 3 nitrogen and oxygen atoms in total. The molecule has 0 aliphatic carbocycles. The van der Waals surface area contributed by atoms with Crippen LogP contribution in [0.15, 0.2) is 16.6 Å². The molecule has 64 valence electrons. The molecule has 0 unspecified atom stereocenters. The quantitative estimate of drug-likeness (QED) is 0.567. The molecule has 1 aromatic rings. The molecule has 0 bridgehead atoms. The first kappa shape index (κ1) is 9.48. The van der Waals surface area contributed by atoms with E-state index in [4.69, 9.17) is 11.6 Å². The summed E-state index contributed by atoms with van der Waals surface area (Å²) in [4.78, 5) is 9.91. The van der Waals surface area contributed by atoms with Crippen LogP contribution in [0.5, 0.6) is 0 Å². The van der Waals surface area contributed by atoms with Crippen LogP contribution in [-0.2, 0) is 0 Å². The second-order valence-corrected chi connectivity index (χ2v) is 3.55. The van der Waals surface area contributed by atoms with Crippen LogP contribution in [0.2, 0.25) is 5.02 Å². The van der Waals surface area contributed by atoms with E-state index < -0.39 is 4.92 Å². The van der Waals surface area contributed by atoms with Crippen LogP contribution in [0.25, 0.3) is 0 Å². The lowest BCUT2D eigenvalue weighted by Gasteiger charge is -1.99. The van der Waals surface area contributed by atoms with Gasteiger partial charge in [-0.1, -0.05) is 11.6 Å². The SMILES string of the molecule is Cc1cc([N+](=O)[O-])cc(Br)c1Cl. The Labute approximate surface area is 82.6 Å². The van der Waals surface area contributed by atoms with Gasteiger partial charge in [0, 0.05) is 16.6 Å². The summed E-state index contributed by atoms with van der Waals surface area (Å²) in [7, 11) is 0. The molecule has 0 saturated heterocycles. The van der Waals surface area contributed by atoms with E-state index in [2.05, 4.69) is 15.9 Å². The van der Waals surface area contributed by atoms with Gasteiger partial charge in [0.25, 0.3) is 5.69 Å². The highest BCUT2D eigenvalue weighted by atomic mass is 79.9. The van der Waals surface area contributed by atoms with E-state index in [1.54, 1.807) is 6.92 Å². The van der Waals surface area contributed by atoms with Crippen molar-refractivity contribution >= 4 is 33.2 Å². The van der Waals surface area contributed by atoms with Crippen LogP contribution in [-0.4, -0.2) is 4.92 Å². The first-order chi connectivity index (χ1) is 5.52. The summed E-state index contributed by atoms with van der Waals surface area (Å²) >= 11 is 8.91. The lowest BCUT2D eigenvalue weighted by molar-refractivity contribution is -0.385. The van der Waals surface area contributed by atoms with Gasteiger partial charge in [0.05, 0.1) is 9.95 Å². The molecule has 0 heterocycles. The van der Waals surface area contributed by atoms with Gasteiger partial charge in [-0.25, -0.2) is 0 Å². The number of non-ortho nitro benzene ring substituents is 1. The van der Waals surface area contributed by atoms with Crippen molar-refractivity contribution in [1.82, 2.24) is 0 Å². The molecule has 0 amide bonds. The number of nitro benzene ring substituents is 1. The first-order valence-corrected chi connectivity index (χ1v) is 4.29. The van der Waals surface area contributed by atoms with E-state index in [1.807, 2.05) is 0 Å². The van der Waals surface area contributed by atoms with Gasteiger partial charge < -0.3 is 0 Å². The molecule has 0 saturated carbocycles. The molecular weight excluding hydrogens is 245 g/mol. The minimum Gasteiger partial charge on any atom is -0.258 e. The third kappa shape index (κ3) is 1.76. The molecular formula is C7H5BrClNO2. The molecule has 1 aromatic carbocycles. The van der Waals surface area contributed by atoms with Crippen molar-refractivity contribution in [2.45, 2.75) is 6.92 Å². The summed E-state index contributed by atoms with van der Waals surface area (Å²) in [6.45, 7) is 1.72. The van der Waals surface area contributed by atoms with Crippen molar-refractivity contribution in [2.75, 3.05) is 0 Å². The van der Waals surface area contributed by atoms with Crippen molar-refractivity contribution in [1.29, 1.82) is 0 Å². The standard InChI is InChI=1S/C7H5BrClNO2/c1-4-2-5(10(11)12)3-6(8)7(4)9/h2-3H,1H3. The summed E-state index contributed by atoms with van der Waals surface area (Å²) in [5.74, 6) is 0. The fraction of sp³-hybridized carbons (Fsp3) is 0.143. The molecule has 0 spiro atoms. The first-order valence-electron chi connectivity index (χ1n) is 3.12. The summed E-state index contributed by atoms with van der Waals surface area (Å²) < 4.78 is 0.552. The maximum atomic E-state index is 10.4. The minimum atomic E-state index is -0.450. The molecule has 0 radical (unpaired) electrons. The van der Waals surface area contributed by atoms with Gasteiger partial charge in [-0.15, -0.1) is 0 Å². The van der Waals surface area contributed by atoms with Crippen LogP contribution < -0.4 is 0 Å². The van der Waals surface area contributed by atoms with Crippen molar-refractivity contribution < 1.29 is 4.92 Å². The highest BCUT2D eigenvalue weighted by molar-refractivity contribution is 9.10. The lowest BCUT2D eigenvalue weighted by atomic mass is 10.2. The fourth-order valence-corrected chi connectivity index (χ4v) is 1.47. The number of aryl methyl sites for hydroxylation is 1. The molecule has 0 aliphatic rings. The van der Waals surface area contributed by atoms with Crippen LogP contribution in [0.4, 0.5) is 5.69 Å². The van der Waals surface area contributed by atoms with Gasteiger partial charge in [0.15, 0.2) is 0 Å². The monoisotopic (exact) mass is 249 g/mol. The van der Waals surface area contributed by atoms with E-state index in [0.29, 0.717) is 15.1 Å². The van der Waals surface area contributed by atoms with E-state index in [-0.39, 0.29) is 5.69 Å². The average Bonchev–Trinajstić information content (AvgIpc) is 1.99. The summed E-state index contributed by atoms with van der Waals surface area (Å²) in [5, 5.41) is 10.9. The number of hydrogen-bond acceptors (Lipinski definition) is 2. The van der Waals surface area contributed by atoms with Crippen LogP contribution >= 0.6 is 27.5 Å². The van der Waals surface area contributed by atoms with Gasteiger partial charge in [-0.3, -0.25) is 10.1 Å². The van der Waals surface area contributed by atoms with Gasteiger partial charge in [-0.2, -0.15) is 0 Å². The Morgan fingerprint density at radius 3 is 2.58 bits per heavy atom. The molecule has 5 heteroatoms.